The van der Waals surface area contributed by atoms with E-state index >= 15 is 0 Å². The number of fused-ring (bicyclic) bond motifs is 1. The minimum atomic E-state index is -4.42. The first kappa shape index (κ1) is 12.9. The zero-order valence-corrected chi connectivity index (χ0v) is 9.96. The normalized spacial score (nSPS) is 13.8. The third-order valence-electron chi connectivity index (χ3n) is 3.11. The Morgan fingerprint density at radius 3 is 2.28 bits per heavy atom. The van der Waals surface area contributed by atoms with Gasteiger partial charge in [0.2, 0.25) is 0 Å². The Balaban J connectivity index is 2.66. The molecule has 2 aromatic carbocycles. The van der Waals surface area contributed by atoms with Gasteiger partial charge in [-0.1, -0.05) is 43.3 Å². The van der Waals surface area contributed by atoms with E-state index in [1.165, 1.54) is 6.07 Å². The van der Waals surface area contributed by atoms with E-state index < -0.39 is 12.2 Å². The lowest BCUT2D eigenvalue weighted by molar-refractivity contribution is -0.148. The van der Waals surface area contributed by atoms with Crippen molar-refractivity contribution >= 4 is 10.8 Å². The van der Waals surface area contributed by atoms with Crippen LogP contribution in [0.2, 0.25) is 0 Å². The number of rotatable bonds is 2. The molecule has 0 aliphatic carbocycles. The zero-order valence-electron chi connectivity index (χ0n) is 9.96. The maximum atomic E-state index is 12.7. The van der Waals surface area contributed by atoms with Gasteiger partial charge in [-0.3, -0.25) is 0 Å². The van der Waals surface area contributed by atoms with Crippen LogP contribution in [-0.4, -0.2) is 6.18 Å². The molecule has 0 saturated carbocycles. The Hall–Kier alpha value is -1.55. The van der Waals surface area contributed by atoms with Crippen LogP contribution in [0.3, 0.4) is 0 Å². The van der Waals surface area contributed by atoms with Crippen molar-refractivity contribution in [2.24, 2.45) is 5.73 Å². The van der Waals surface area contributed by atoms with Crippen LogP contribution in [-0.2, 0) is 6.42 Å². The monoisotopic (exact) mass is 253 g/mol. The third kappa shape index (κ3) is 2.20. The molecule has 0 aromatic heterocycles. The molecule has 2 rings (SSSR count). The number of nitrogens with two attached hydrogens (primary N) is 1. The van der Waals surface area contributed by atoms with Gasteiger partial charge in [-0.2, -0.15) is 13.2 Å². The first-order valence-corrected chi connectivity index (χ1v) is 5.78. The first-order valence-electron chi connectivity index (χ1n) is 5.78. The van der Waals surface area contributed by atoms with Crippen molar-refractivity contribution in [3.05, 3.63) is 47.5 Å². The Morgan fingerprint density at radius 1 is 1.06 bits per heavy atom. The number of hydrogen-bond donors (Lipinski definition) is 1. The molecule has 0 aliphatic heterocycles. The molecule has 0 amide bonds. The SMILES string of the molecule is CCc1cccc2c([C@H](N)C(F)(F)F)cccc12. The van der Waals surface area contributed by atoms with Crippen LogP contribution in [0.4, 0.5) is 13.2 Å². The lowest BCUT2D eigenvalue weighted by Gasteiger charge is -2.18. The van der Waals surface area contributed by atoms with E-state index in [1.807, 2.05) is 19.1 Å². The van der Waals surface area contributed by atoms with Gasteiger partial charge in [0.25, 0.3) is 0 Å². The highest BCUT2D eigenvalue weighted by Gasteiger charge is 2.38. The Morgan fingerprint density at radius 2 is 1.67 bits per heavy atom. The fourth-order valence-electron chi connectivity index (χ4n) is 2.16. The van der Waals surface area contributed by atoms with Gasteiger partial charge in [-0.15, -0.1) is 0 Å². The van der Waals surface area contributed by atoms with Crippen LogP contribution in [0.25, 0.3) is 10.8 Å². The number of benzene rings is 2. The number of alkyl halides is 3. The molecule has 0 spiro atoms. The average molecular weight is 253 g/mol. The number of aryl methyl sites for hydroxylation is 1. The van der Waals surface area contributed by atoms with Gasteiger partial charge >= 0.3 is 6.18 Å². The van der Waals surface area contributed by atoms with Crippen molar-refractivity contribution in [1.82, 2.24) is 0 Å². The van der Waals surface area contributed by atoms with Gasteiger partial charge in [-0.25, -0.2) is 0 Å². The topological polar surface area (TPSA) is 26.0 Å². The van der Waals surface area contributed by atoms with Crippen LogP contribution < -0.4 is 5.73 Å². The summed E-state index contributed by atoms with van der Waals surface area (Å²) < 4.78 is 38.2. The Kier molecular flexibility index (Phi) is 3.30. The van der Waals surface area contributed by atoms with Gasteiger partial charge in [0.15, 0.2) is 0 Å². The molecule has 1 atom stereocenters. The smallest absolute Gasteiger partial charge is 0.316 e. The van der Waals surface area contributed by atoms with E-state index in [1.54, 1.807) is 18.2 Å². The van der Waals surface area contributed by atoms with Crippen LogP contribution in [0.1, 0.15) is 24.1 Å². The van der Waals surface area contributed by atoms with Crippen molar-refractivity contribution in [1.29, 1.82) is 0 Å². The predicted octanol–water partition coefficient (Wildman–Crippen LogP) is 3.96. The lowest BCUT2D eigenvalue weighted by Crippen LogP contribution is -2.28. The minimum Gasteiger partial charge on any atom is -0.316 e. The van der Waals surface area contributed by atoms with E-state index in [0.29, 0.717) is 5.39 Å². The highest BCUT2D eigenvalue weighted by Crippen LogP contribution is 2.35. The third-order valence-corrected chi connectivity index (χ3v) is 3.11. The fourth-order valence-corrected chi connectivity index (χ4v) is 2.16. The lowest BCUT2D eigenvalue weighted by atomic mass is 9.95. The minimum absolute atomic E-state index is 0.135. The molecule has 0 aliphatic rings. The highest BCUT2D eigenvalue weighted by atomic mass is 19.4. The van der Waals surface area contributed by atoms with E-state index in [4.69, 9.17) is 5.73 Å². The van der Waals surface area contributed by atoms with E-state index in [2.05, 4.69) is 0 Å². The van der Waals surface area contributed by atoms with Crippen molar-refractivity contribution in [3.63, 3.8) is 0 Å². The molecule has 0 saturated heterocycles. The number of hydrogen-bond acceptors (Lipinski definition) is 1. The van der Waals surface area contributed by atoms with Crippen LogP contribution in [0.5, 0.6) is 0 Å². The summed E-state index contributed by atoms with van der Waals surface area (Å²) in [6.07, 6.45) is -3.64. The summed E-state index contributed by atoms with van der Waals surface area (Å²) in [6, 6.07) is 8.35. The summed E-state index contributed by atoms with van der Waals surface area (Å²) in [5, 5.41) is 1.43. The maximum absolute atomic E-state index is 12.7. The summed E-state index contributed by atoms with van der Waals surface area (Å²) in [5.74, 6) is 0. The van der Waals surface area contributed by atoms with E-state index in [0.717, 1.165) is 17.4 Å². The molecule has 0 bridgehead atoms. The summed E-state index contributed by atoms with van der Waals surface area (Å²) >= 11 is 0. The summed E-state index contributed by atoms with van der Waals surface area (Å²) in [7, 11) is 0. The molecular weight excluding hydrogens is 239 g/mol. The summed E-state index contributed by atoms with van der Waals surface area (Å²) in [6.45, 7) is 1.98. The van der Waals surface area contributed by atoms with Crippen LogP contribution >= 0.6 is 0 Å². The van der Waals surface area contributed by atoms with Crippen molar-refractivity contribution in [2.75, 3.05) is 0 Å². The Labute approximate surface area is 103 Å². The summed E-state index contributed by atoms with van der Waals surface area (Å²) in [5.41, 5.74) is 6.47. The molecule has 0 heterocycles. The van der Waals surface area contributed by atoms with Crippen LogP contribution in [0.15, 0.2) is 36.4 Å². The quantitative estimate of drug-likeness (QED) is 0.861. The largest absolute Gasteiger partial charge is 0.407 e. The average Bonchev–Trinajstić information content (AvgIpc) is 2.35. The van der Waals surface area contributed by atoms with E-state index in [9.17, 15) is 13.2 Å². The second-order valence-electron chi connectivity index (χ2n) is 4.23. The molecule has 0 unspecified atom stereocenters. The van der Waals surface area contributed by atoms with Gasteiger partial charge in [-0.05, 0) is 28.3 Å². The van der Waals surface area contributed by atoms with Gasteiger partial charge in [0.05, 0.1) is 0 Å². The van der Waals surface area contributed by atoms with Crippen molar-refractivity contribution in [2.45, 2.75) is 25.6 Å². The molecule has 2 aromatic rings. The molecule has 2 N–H and O–H groups in total. The summed E-state index contributed by atoms with van der Waals surface area (Å²) in [4.78, 5) is 0. The maximum Gasteiger partial charge on any atom is 0.407 e. The molecule has 0 radical (unpaired) electrons. The van der Waals surface area contributed by atoms with Gasteiger partial charge in [0.1, 0.15) is 6.04 Å². The molecule has 18 heavy (non-hydrogen) atoms. The molecule has 96 valence electrons. The molecule has 4 heteroatoms. The fraction of sp³-hybridized carbons (Fsp3) is 0.286. The molecule has 1 nitrogen and oxygen atoms in total. The number of halogens is 3. The second-order valence-corrected chi connectivity index (χ2v) is 4.23. The first-order chi connectivity index (χ1) is 8.45. The zero-order chi connectivity index (χ0) is 13.3. The second kappa shape index (κ2) is 4.61. The van der Waals surface area contributed by atoms with Crippen molar-refractivity contribution in [3.8, 4) is 0 Å². The molecule has 0 fully saturated rings. The van der Waals surface area contributed by atoms with Gasteiger partial charge in [0, 0.05) is 0 Å². The van der Waals surface area contributed by atoms with Crippen molar-refractivity contribution < 1.29 is 13.2 Å². The van der Waals surface area contributed by atoms with Crippen LogP contribution in [0, 0.1) is 0 Å². The Bertz CT molecular complexity index is 560. The van der Waals surface area contributed by atoms with Gasteiger partial charge < -0.3 is 5.73 Å². The highest BCUT2D eigenvalue weighted by molar-refractivity contribution is 5.89. The standard InChI is InChI=1S/C14H14F3N/c1-2-9-5-3-7-11-10(9)6-4-8-12(11)13(18)14(15,16)17/h3-8,13H,2,18H2,1H3/t13-/m0/s1. The predicted molar refractivity (Wildman–Crippen MR) is 66.3 cm³/mol. The molecular formula is C14H14F3N. The van der Waals surface area contributed by atoms with E-state index in [-0.39, 0.29) is 5.56 Å².